The molecule has 0 radical (unpaired) electrons. The number of rotatable bonds is 53. The maximum Gasteiger partial charge on any atom is 0.306 e. The number of carbonyl (C=O) groups is 2. The van der Waals surface area contributed by atoms with Crippen molar-refractivity contribution in [1.82, 2.24) is 5.32 Å². The van der Waals surface area contributed by atoms with Crippen molar-refractivity contribution in [2.24, 2.45) is 0 Å². The van der Waals surface area contributed by atoms with E-state index in [4.69, 9.17) is 13.8 Å². The van der Waals surface area contributed by atoms with Crippen LogP contribution in [-0.4, -0.2) is 69.4 Å². The van der Waals surface area contributed by atoms with Gasteiger partial charge in [-0.15, -0.1) is 0 Å². The van der Waals surface area contributed by atoms with Gasteiger partial charge in [-0.05, 0) is 102 Å². The predicted molar refractivity (Wildman–Crippen MR) is 316 cm³/mol. The van der Waals surface area contributed by atoms with Crippen molar-refractivity contribution in [2.45, 2.75) is 258 Å². The number of allylic oxidation sites excluding steroid dienone is 15. The molecule has 74 heavy (non-hydrogen) atoms. The lowest BCUT2D eigenvalue weighted by Gasteiger charge is -2.30. The first-order valence-electron chi connectivity index (χ1n) is 30.0. The summed E-state index contributed by atoms with van der Waals surface area (Å²) in [5, 5.41) is 3.01. The van der Waals surface area contributed by atoms with Crippen molar-refractivity contribution < 1.29 is 37.3 Å². The molecule has 426 valence electrons. The van der Waals surface area contributed by atoms with Crippen LogP contribution in [0.25, 0.3) is 0 Å². The van der Waals surface area contributed by atoms with Gasteiger partial charge in [-0.1, -0.05) is 227 Å². The first kappa shape index (κ1) is 70.9. The molecule has 0 aliphatic heterocycles. The highest BCUT2D eigenvalue weighted by molar-refractivity contribution is 7.45. The topological polar surface area (TPSA) is 114 Å². The highest BCUT2D eigenvalue weighted by atomic mass is 31.2. The van der Waals surface area contributed by atoms with Crippen LogP contribution in [0.15, 0.2) is 97.2 Å². The van der Waals surface area contributed by atoms with Crippen LogP contribution in [0.2, 0.25) is 0 Å². The number of likely N-dealkylation sites (N-methyl/N-ethyl adjacent to an activating group) is 1. The Morgan fingerprint density at radius 3 is 1.30 bits per heavy atom. The fraction of sp³-hybridized carbons (Fsp3) is 0.719. The quantitative estimate of drug-likeness (QED) is 0.0212. The Labute approximate surface area is 456 Å². The van der Waals surface area contributed by atoms with E-state index in [1.54, 1.807) is 0 Å². The zero-order valence-corrected chi connectivity index (χ0v) is 49.4. The number of unbranched alkanes of at least 4 members (excludes halogenated alkanes) is 23. The van der Waals surface area contributed by atoms with Gasteiger partial charge in [-0.25, -0.2) is 0 Å². The Balaban J connectivity index is 5.23. The first-order valence-corrected chi connectivity index (χ1v) is 31.5. The fourth-order valence-corrected chi connectivity index (χ4v) is 8.90. The molecular weight excluding hydrogens is 940 g/mol. The van der Waals surface area contributed by atoms with Gasteiger partial charge in [0.1, 0.15) is 19.3 Å². The highest BCUT2D eigenvalue weighted by Gasteiger charge is 2.27. The number of carbonyl (C=O) groups excluding carboxylic acids is 2. The average Bonchev–Trinajstić information content (AvgIpc) is 3.36. The Morgan fingerprint density at radius 2 is 0.865 bits per heavy atom. The molecular formula is C64H113N2O7P. The van der Waals surface area contributed by atoms with Gasteiger partial charge in [0.15, 0.2) is 0 Å². The van der Waals surface area contributed by atoms with Crippen LogP contribution < -0.4 is 10.2 Å². The van der Waals surface area contributed by atoms with E-state index in [-0.39, 0.29) is 24.9 Å². The van der Waals surface area contributed by atoms with E-state index < -0.39 is 26.6 Å². The average molecular weight is 1050 g/mol. The van der Waals surface area contributed by atoms with E-state index in [2.05, 4.69) is 111 Å². The molecule has 3 atom stereocenters. The van der Waals surface area contributed by atoms with Gasteiger partial charge in [-0.2, -0.15) is 0 Å². The summed E-state index contributed by atoms with van der Waals surface area (Å²) < 4.78 is 30.2. The number of phosphoric ester groups is 1. The number of quaternary nitrogens is 1. The van der Waals surface area contributed by atoms with Gasteiger partial charge in [0.05, 0.1) is 33.8 Å². The molecule has 10 heteroatoms. The standard InChI is InChI=1S/C64H113N2O7P/c1-7-10-13-16-19-22-25-27-29-30-31-32-33-34-35-36-37-39-42-45-48-51-54-57-64(68)73-62(55-52-49-46-43-40-24-21-18-15-12-9-3)61(60-72-74(69,70)71-59-58-66(4,5)6)65-63(67)56-53-50-47-44-41-38-28-26-23-20-17-14-11-8-2/h10-11,13-14,19-20,22-23,27,29,31-32,34-35,52,55,61-62H,7-9,12,15-18,21,24-26,28,30,33,36-51,53-54,56-60H2,1-6H3,(H-,65,67,69,70)/b13-10-,14-11+,22-19-,23-20+,29-27-,32-31-,35-34-,55-52-. The van der Waals surface area contributed by atoms with Gasteiger partial charge in [0.2, 0.25) is 5.91 Å². The number of nitrogens with zero attached hydrogens (tertiary/aromatic N) is 1. The monoisotopic (exact) mass is 1050 g/mol. The van der Waals surface area contributed by atoms with Gasteiger partial charge in [0, 0.05) is 12.8 Å². The summed E-state index contributed by atoms with van der Waals surface area (Å²) in [6.45, 7) is 6.59. The lowest BCUT2D eigenvalue weighted by Crippen LogP contribution is -2.47. The molecule has 0 heterocycles. The number of hydrogen-bond acceptors (Lipinski definition) is 7. The maximum absolute atomic E-state index is 13.5. The predicted octanol–water partition coefficient (Wildman–Crippen LogP) is 17.8. The third-order valence-electron chi connectivity index (χ3n) is 12.8. The van der Waals surface area contributed by atoms with Crippen LogP contribution in [0.4, 0.5) is 0 Å². The number of phosphoric acid groups is 1. The SMILES string of the molecule is CC/C=C\C/C=C\C/C=C\C/C=C\C/C=C\CCCCCCCCCC(=O)OC(/C=C\CCCCCCCCCCC)C(COP(=O)([O-])OCC[N+](C)(C)C)NC(=O)CCCCCCCCC/C=C/C/C=C/CC. The summed E-state index contributed by atoms with van der Waals surface area (Å²) in [5.41, 5.74) is 0. The van der Waals surface area contributed by atoms with Crippen LogP contribution in [0, 0.1) is 0 Å². The van der Waals surface area contributed by atoms with E-state index in [1.807, 2.05) is 33.3 Å². The van der Waals surface area contributed by atoms with Crippen LogP contribution in [-0.2, 0) is 27.9 Å². The summed E-state index contributed by atoms with van der Waals surface area (Å²) in [6.07, 6.45) is 70.9. The second kappa shape index (κ2) is 53.3. The van der Waals surface area contributed by atoms with Crippen molar-refractivity contribution in [3.8, 4) is 0 Å². The Kier molecular flexibility index (Phi) is 51.1. The van der Waals surface area contributed by atoms with Crippen molar-refractivity contribution in [3.05, 3.63) is 97.2 Å². The molecule has 0 aromatic rings. The molecule has 0 fully saturated rings. The highest BCUT2D eigenvalue weighted by Crippen LogP contribution is 2.38. The number of esters is 1. The Hall–Kier alpha value is -3.07. The molecule has 1 N–H and O–H groups in total. The maximum atomic E-state index is 13.5. The summed E-state index contributed by atoms with van der Waals surface area (Å²) in [7, 11) is 1.16. The number of ether oxygens (including phenoxy) is 1. The van der Waals surface area contributed by atoms with Crippen molar-refractivity contribution in [1.29, 1.82) is 0 Å². The van der Waals surface area contributed by atoms with Crippen molar-refractivity contribution in [2.75, 3.05) is 40.9 Å². The third kappa shape index (κ3) is 53.7. The van der Waals surface area contributed by atoms with E-state index in [9.17, 15) is 19.0 Å². The molecule has 0 aromatic carbocycles. The first-order chi connectivity index (χ1) is 35.9. The molecule has 0 bridgehead atoms. The van der Waals surface area contributed by atoms with Gasteiger partial charge >= 0.3 is 5.97 Å². The largest absolute Gasteiger partial charge is 0.756 e. The normalized spacial score (nSPS) is 14.4. The molecule has 0 saturated heterocycles. The van der Waals surface area contributed by atoms with Gasteiger partial charge in [0.25, 0.3) is 7.82 Å². The summed E-state index contributed by atoms with van der Waals surface area (Å²) in [6, 6.07) is -0.901. The molecule has 1 amide bonds. The minimum atomic E-state index is -4.70. The van der Waals surface area contributed by atoms with Crippen LogP contribution >= 0.6 is 7.82 Å². The lowest BCUT2D eigenvalue weighted by atomic mass is 10.1. The van der Waals surface area contributed by atoms with Crippen LogP contribution in [0.1, 0.15) is 245 Å². The lowest BCUT2D eigenvalue weighted by molar-refractivity contribution is -0.870. The molecule has 0 aliphatic carbocycles. The van der Waals surface area contributed by atoms with Crippen LogP contribution in [0.3, 0.4) is 0 Å². The van der Waals surface area contributed by atoms with E-state index in [1.165, 1.54) is 83.5 Å². The summed E-state index contributed by atoms with van der Waals surface area (Å²) in [4.78, 5) is 39.9. The number of hydrogen-bond donors (Lipinski definition) is 1. The minimum Gasteiger partial charge on any atom is -0.756 e. The second-order valence-electron chi connectivity index (χ2n) is 21.1. The van der Waals surface area contributed by atoms with E-state index in [0.29, 0.717) is 23.9 Å². The fourth-order valence-electron chi connectivity index (χ4n) is 8.17. The molecule has 3 unspecified atom stereocenters. The third-order valence-corrected chi connectivity index (χ3v) is 13.7. The molecule has 9 nitrogen and oxygen atoms in total. The van der Waals surface area contributed by atoms with Crippen LogP contribution in [0.5, 0.6) is 0 Å². The summed E-state index contributed by atoms with van der Waals surface area (Å²) >= 11 is 0. The Bertz CT molecular complexity index is 1590. The molecule has 0 aliphatic rings. The van der Waals surface area contributed by atoms with Gasteiger partial charge in [-0.3, -0.25) is 14.2 Å². The zero-order chi connectivity index (χ0) is 54.3. The van der Waals surface area contributed by atoms with Crippen molar-refractivity contribution >= 4 is 19.7 Å². The van der Waals surface area contributed by atoms with E-state index in [0.717, 1.165) is 122 Å². The Morgan fingerprint density at radius 1 is 0.486 bits per heavy atom. The zero-order valence-electron chi connectivity index (χ0n) is 48.5. The minimum absolute atomic E-state index is 0.0303. The summed E-state index contributed by atoms with van der Waals surface area (Å²) in [5.74, 6) is -0.569. The molecule has 0 spiro atoms. The van der Waals surface area contributed by atoms with Crippen molar-refractivity contribution in [3.63, 3.8) is 0 Å². The molecule has 0 saturated carbocycles. The van der Waals surface area contributed by atoms with E-state index >= 15 is 0 Å². The number of amides is 1. The molecule has 0 aromatic heterocycles. The second-order valence-corrected chi connectivity index (χ2v) is 22.5. The number of nitrogens with one attached hydrogen (secondary N) is 1. The smallest absolute Gasteiger partial charge is 0.306 e. The van der Waals surface area contributed by atoms with Gasteiger partial charge < -0.3 is 28.5 Å². The molecule has 0 rings (SSSR count).